The van der Waals surface area contributed by atoms with E-state index in [2.05, 4.69) is 15.9 Å². The minimum absolute atomic E-state index is 0.0981. The fourth-order valence-electron chi connectivity index (χ4n) is 2.30. The number of halogens is 4. The number of carbonyl (C=O) groups is 1. The first-order valence-electron chi connectivity index (χ1n) is 5.74. The molecule has 8 heteroatoms. The molecular formula is C12H11BrF3NO3. The zero-order chi connectivity index (χ0) is 15.1. The topological polar surface area (TPSA) is 60.8 Å². The molecule has 1 aliphatic rings. The number of hydrogen-bond donors (Lipinski definition) is 2. The van der Waals surface area contributed by atoms with E-state index >= 15 is 0 Å². The van der Waals surface area contributed by atoms with Crippen molar-refractivity contribution in [1.29, 1.82) is 0 Å². The van der Waals surface area contributed by atoms with Crippen LogP contribution in [0.5, 0.6) is 0 Å². The fourth-order valence-corrected chi connectivity index (χ4v) is 2.65. The molecule has 110 valence electrons. The van der Waals surface area contributed by atoms with E-state index in [0.29, 0.717) is 4.47 Å². The first kappa shape index (κ1) is 15.1. The maximum atomic E-state index is 13.0. The second-order valence-corrected chi connectivity index (χ2v) is 5.47. The molecular weight excluding hydrogens is 343 g/mol. The highest BCUT2D eigenvalue weighted by atomic mass is 79.9. The number of hydrogen-bond acceptors (Lipinski definition) is 3. The average Bonchev–Trinajstić information content (AvgIpc) is 2.69. The van der Waals surface area contributed by atoms with E-state index in [-0.39, 0.29) is 18.7 Å². The summed E-state index contributed by atoms with van der Waals surface area (Å²) in [6.45, 7) is -0.142. The van der Waals surface area contributed by atoms with Crippen molar-refractivity contribution in [3.63, 3.8) is 0 Å². The van der Waals surface area contributed by atoms with E-state index in [1.54, 1.807) is 0 Å². The van der Waals surface area contributed by atoms with E-state index in [9.17, 15) is 23.1 Å². The summed E-state index contributed by atoms with van der Waals surface area (Å²) in [5.74, 6) is -1.25. The average molecular weight is 354 g/mol. The second kappa shape index (κ2) is 5.25. The predicted molar refractivity (Wildman–Crippen MR) is 68.5 cm³/mol. The molecule has 2 atom stereocenters. The zero-order valence-electron chi connectivity index (χ0n) is 10.1. The molecule has 1 saturated heterocycles. The lowest BCUT2D eigenvalue weighted by Crippen LogP contribution is -2.37. The monoisotopic (exact) mass is 353 g/mol. The summed E-state index contributed by atoms with van der Waals surface area (Å²) < 4.78 is 39.4. The summed E-state index contributed by atoms with van der Waals surface area (Å²) in [5, 5.41) is 18.6. The van der Waals surface area contributed by atoms with Crippen molar-refractivity contribution >= 4 is 27.6 Å². The van der Waals surface area contributed by atoms with Gasteiger partial charge in [-0.05, 0) is 18.2 Å². The SMILES string of the molecule is O=C(O)C1CC(O)CN1c1cc(Br)ccc1C(F)(F)F. The molecule has 1 heterocycles. The molecule has 1 aromatic rings. The first-order chi connectivity index (χ1) is 9.20. The molecule has 0 aromatic heterocycles. The van der Waals surface area contributed by atoms with Gasteiger partial charge in [0.1, 0.15) is 6.04 Å². The first-order valence-corrected chi connectivity index (χ1v) is 6.53. The zero-order valence-corrected chi connectivity index (χ0v) is 11.6. The van der Waals surface area contributed by atoms with E-state index in [1.165, 1.54) is 12.1 Å². The molecule has 0 amide bonds. The van der Waals surface area contributed by atoms with Crippen LogP contribution in [0.3, 0.4) is 0 Å². The highest BCUT2D eigenvalue weighted by Gasteiger charge is 2.41. The number of rotatable bonds is 2. The number of nitrogens with zero attached hydrogens (tertiary/aromatic N) is 1. The van der Waals surface area contributed by atoms with Gasteiger partial charge in [0.2, 0.25) is 0 Å². The van der Waals surface area contributed by atoms with Crippen molar-refractivity contribution in [1.82, 2.24) is 0 Å². The van der Waals surface area contributed by atoms with Crippen molar-refractivity contribution in [2.24, 2.45) is 0 Å². The van der Waals surface area contributed by atoms with E-state index in [4.69, 9.17) is 5.11 Å². The Morgan fingerprint density at radius 3 is 2.60 bits per heavy atom. The lowest BCUT2D eigenvalue weighted by Gasteiger charge is -2.27. The smallest absolute Gasteiger partial charge is 0.418 e. The summed E-state index contributed by atoms with van der Waals surface area (Å²) >= 11 is 3.08. The normalized spacial score (nSPS) is 23.1. The molecule has 20 heavy (non-hydrogen) atoms. The van der Waals surface area contributed by atoms with Gasteiger partial charge < -0.3 is 15.1 Å². The van der Waals surface area contributed by atoms with Crippen molar-refractivity contribution in [2.75, 3.05) is 11.4 Å². The van der Waals surface area contributed by atoms with Gasteiger partial charge in [-0.2, -0.15) is 13.2 Å². The van der Waals surface area contributed by atoms with Crippen LogP contribution in [0.4, 0.5) is 18.9 Å². The van der Waals surface area contributed by atoms with Gasteiger partial charge in [-0.1, -0.05) is 15.9 Å². The number of aliphatic hydroxyl groups excluding tert-OH is 1. The fraction of sp³-hybridized carbons (Fsp3) is 0.417. The van der Waals surface area contributed by atoms with Crippen LogP contribution in [0.2, 0.25) is 0 Å². The number of aliphatic carboxylic acids is 1. The van der Waals surface area contributed by atoms with Crippen molar-refractivity contribution < 1.29 is 28.2 Å². The molecule has 0 bridgehead atoms. The molecule has 1 aromatic carbocycles. The minimum atomic E-state index is -4.59. The molecule has 1 fully saturated rings. The lowest BCUT2D eigenvalue weighted by molar-refractivity contribution is -0.140. The van der Waals surface area contributed by atoms with Crippen LogP contribution in [0.15, 0.2) is 22.7 Å². The Balaban J connectivity index is 2.50. The summed E-state index contributed by atoms with van der Waals surface area (Å²) in [6.07, 6.45) is -5.65. The minimum Gasteiger partial charge on any atom is -0.480 e. The second-order valence-electron chi connectivity index (χ2n) is 4.56. The van der Waals surface area contributed by atoms with Gasteiger partial charge in [0.05, 0.1) is 17.4 Å². The Bertz CT molecular complexity index is 535. The number of anilines is 1. The Hall–Kier alpha value is -1.28. The lowest BCUT2D eigenvalue weighted by atomic mass is 10.1. The van der Waals surface area contributed by atoms with E-state index < -0.39 is 29.9 Å². The summed E-state index contributed by atoms with van der Waals surface area (Å²) in [6, 6.07) is 2.19. The van der Waals surface area contributed by atoms with Crippen molar-refractivity contribution in [3.8, 4) is 0 Å². The van der Waals surface area contributed by atoms with Crippen LogP contribution in [0.25, 0.3) is 0 Å². The van der Waals surface area contributed by atoms with Crippen LogP contribution >= 0.6 is 15.9 Å². The van der Waals surface area contributed by atoms with Gasteiger partial charge in [-0.3, -0.25) is 0 Å². The van der Waals surface area contributed by atoms with E-state index in [0.717, 1.165) is 11.0 Å². The van der Waals surface area contributed by atoms with E-state index in [1.807, 2.05) is 0 Å². The molecule has 4 nitrogen and oxygen atoms in total. The third kappa shape index (κ3) is 2.90. The largest absolute Gasteiger partial charge is 0.480 e. The molecule has 1 aliphatic heterocycles. The maximum absolute atomic E-state index is 13.0. The maximum Gasteiger partial charge on any atom is 0.418 e. The van der Waals surface area contributed by atoms with Crippen LogP contribution in [-0.4, -0.2) is 34.9 Å². The third-order valence-electron chi connectivity index (χ3n) is 3.14. The molecule has 2 N–H and O–H groups in total. The summed E-state index contributed by atoms with van der Waals surface area (Å²) in [7, 11) is 0. The standard InChI is InChI=1S/C12H11BrF3NO3/c13-6-1-2-8(12(14,15)16)9(3-6)17-5-7(18)4-10(17)11(19)20/h1-3,7,10,18H,4-5H2,(H,19,20). The van der Waals surface area contributed by atoms with Crippen molar-refractivity contribution in [3.05, 3.63) is 28.2 Å². The van der Waals surface area contributed by atoms with Crippen LogP contribution in [0, 0.1) is 0 Å². The van der Waals surface area contributed by atoms with Gasteiger partial charge in [-0.15, -0.1) is 0 Å². The van der Waals surface area contributed by atoms with Crippen LogP contribution in [-0.2, 0) is 11.0 Å². The Morgan fingerprint density at radius 2 is 2.05 bits per heavy atom. The predicted octanol–water partition coefficient (Wildman–Crippen LogP) is 2.49. The number of benzene rings is 1. The number of carboxylic acids is 1. The number of alkyl halides is 3. The summed E-state index contributed by atoms with van der Waals surface area (Å²) in [5.41, 5.74) is -1.16. The third-order valence-corrected chi connectivity index (χ3v) is 3.63. The van der Waals surface area contributed by atoms with Gasteiger partial charge in [0.15, 0.2) is 0 Å². The molecule has 0 aliphatic carbocycles. The van der Waals surface area contributed by atoms with Gasteiger partial charge >= 0.3 is 12.1 Å². The molecule has 2 rings (SSSR count). The van der Waals surface area contributed by atoms with Gasteiger partial charge in [-0.25, -0.2) is 4.79 Å². The van der Waals surface area contributed by atoms with Gasteiger partial charge in [0.25, 0.3) is 0 Å². The number of β-amino-alcohol motifs (C(OH)–C–C–N with tert-alkyl or cyclic N) is 1. The highest BCUT2D eigenvalue weighted by molar-refractivity contribution is 9.10. The van der Waals surface area contributed by atoms with Crippen molar-refractivity contribution in [2.45, 2.75) is 24.7 Å². The number of carboxylic acid groups (broad SMARTS) is 1. The summed E-state index contributed by atoms with van der Waals surface area (Å²) in [4.78, 5) is 12.2. The molecule has 2 unspecified atom stereocenters. The highest BCUT2D eigenvalue weighted by Crippen LogP contribution is 2.40. The number of aliphatic hydroxyl groups is 1. The Morgan fingerprint density at radius 1 is 1.40 bits per heavy atom. The quantitative estimate of drug-likeness (QED) is 0.857. The molecule has 0 spiro atoms. The van der Waals surface area contributed by atoms with Crippen LogP contribution in [0.1, 0.15) is 12.0 Å². The van der Waals surface area contributed by atoms with Crippen LogP contribution < -0.4 is 4.90 Å². The Labute approximate surface area is 120 Å². The molecule has 0 saturated carbocycles. The molecule has 0 radical (unpaired) electrons. The van der Waals surface area contributed by atoms with Gasteiger partial charge in [0, 0.05) is 17.4 Å². The Kier molecular flexibility index (Phi) is 3.97.